The number of hydrogen-bond acceptors (Lipinski definition) is 17. The van der Waals surface area contributed by atoms with Crippen molar-refractivity contribution in [3.05, 3.63) is 76.9 Å². The van der Waals surface area contributed by atoms with Crippen LogP contribution in [0.3, 0.4) is 0 Å². The Hall–Kier alpha value is -5.35. The molecule has 0 aliphatic carbocycles. The molecule has 0 amide bonds. The van der Waals surface area contributed by atoms with Gasteiger partial charge in [-0.1, -0.05) is 141 Å². The van der Waals surface area contributed by atoms with Crippen LogP contribution in [-0.2, 0) is 32.7 Å². The zero-order valence-corrected chi connectivity index (χ0v) is 46.2. The van der Waals surface area contributed by atoms with Gasteiger partial charge in [0, 0.05) is 38.1 Å². The number of likely N-dealkylation sites (N-methyl/N-ethyl adjacent to an activating group) is 1. The van der Waals surface area contributed by atoms with Crippen LogP contribution in [0.4, 0.5) is 34.1 Å². The van der Waals surface area contributed by atoms with Crippen molar-refractivity contribution in [2.24, 2.45) is 0 Å². The molecule has 2 aromatic rings. The Morgan fingerprint density at radius 3 is 1.24 bits per heavy atom. The summed E-state index contributed by atoms with van der Waals surface area (Å²) in [5, 5.41) is 50.5. The number of nitro groups is 4. The summed E-state index contributed by atoms with van der Waals surface area (Å²) in [4.78, 5) is 77.6. The standard InChI is InChI=1S/C52H86N7O16P/c1-59(2,3)38-39-73-76(70,71)74-43-46(75-52(61)31-27-23-19-15-11-7-5-9-13-17-21-25-29-37-54-48-35-33-45(56(64)65)41-50(48)58(68)69)42-72-51(60)30-26-22-18-14-10-6-4-8-12-16-20-24-28-36-53-47-34-32-44(55(62)63)40-49(47)57(66)67/h32-35,40-41,46,53-54H,4-31,36-39,42-43H2,1-3H3/p+1/t46-/m1/s1. The molecular weight excluding hydrogens is 1010 g/mol. The lowest BCUT2D eigenvalue weighted by molar-refractivity contribution is -0.870. The average Bonchev–Trinajstić information content (AvgIpc) is 3.36. The molecule has 2 aromatic carbocycles. The number of quaternary nitrogens is 1. The van der Waals surface area contributed by atoms with Crippen LogP contribution >= 0.6 is 7.82 Å². The maximum Gasteiger partial charge on any atom is 0.472 e. The monoisotopic (exact) mass is 1100 g/mol. The zero-order chi connectivity index (χ0) is 56.0. The summed E-state index contributed by atoms with van der Waals surface area (Å²) in [6.07, 6.45) is 25.8. The molecule has 0 bridgehead atoms. The minimum absolute atomic E-state index is 0.0236. The quantitative estimate of drug-likeness (QED) is 0.0138. The van der Waals surface area contributed by atoms with E-state index in [0.717, 1.165) is 166 Å². The van der Waals surface area contributed by atoms with E-state index in [-0.39, 0.29) is 60.2 Å². The number of non-ortho nitro benzene ring substituents is 2. The highest BCUT2D eigenvalue weighted by Gasteiger charge is 2.27. The van der Waals surface area contributed by atoms with Crippen LogP contribution in [0.5, 0.6) is 0 Å². The third-order valence-electron chi connectivity index (χ3n) is 12.7. The Balaban J connectivity index is 1.53. The Morgan fingerprint density at radius 2 is 0.882 bits per heavy atom. The number of phosphoric acid groups is 1. The van der Waals surface area contributed by atoms with E-state index in [1.54, 1.807) is 0 Å². The van der Waals surface area contributed by atoms with Gasteiger partial charge in [0.15, 0.2) is 6.10 Å². The molecule has 0 fully saturated rings. The summed E-state index contributed by atoms with van der Waals surface area (Å²) in [5.41, 5.74) is -0.672. The van der Waals surface area contributed by atoms with Crippen molar-refractivity contribution in [1.82, 2.24) is 0 Å². The topological polar surface area (TPSA) is 305 Å². The molecule has 0 saturated carbocycles. The van der Waals surface area contributed by atoms with Gasteiger partial charge >= 0.3 is 19.8 Å². The fourth-order valence-electron chi connectivity index (χ4n) is 8.26. The predicted molar refractivity (Wildman–Crippen MR) is 291 cm³/mol. The zero-order valence-electron chi connectivity index (χ0n) is 45.3. The number of carbonyl (C=O) groups excluding carboxylic acids is 2. The molecule has 0 radical (unpaired) electrons. The van der Waals surface area contributed by atoms with E-state index in [1.807, 2.05) is 21.1 Å². The highest BCUT2D eigenvalue weighted by Crippen LogP contribution is 2.43. The van der Waals surface area contributed by atoms with Crippen molar-refractivity contribution in [3.8, 4) is 0 Å². The second kappa shape index (κ2) is 39.1. The first-order valence-corrected chi connectivity index (χ1v) is 28.9. The molecule has 0 spiro atoms. The van der Waals surface area contributed by atoms with Gasteiger partial charge in [-0.2, -0.15) is 0 Å². The van der Waals surface area contributed by atoms with Crippen LogP contribution in [-0.4, -0.2) is 108 Å². The Kier molecular flexibility index (Phi) is 34.3. The number of hydrogen-bond donors (Lipinski definition) is 3. The van der Waals surface area contributed by atoms with Gasteiger partial charge in [-0.25, -0.2) is 4.57 Å². The smallest absolute Gasteiger partial charge is 0.462 e. The number of nitro benzene ring substituents is 4. The predicted octanol–water partition coefficient (Wildman–Crippen LogP) is 13.1. The van der Waals surface area contributed by atoms with Crippen LogP contribution in [0.25, 0.3) is 0 Å². The van der Waals surface area contributed by atoms with E-state index in [0.29, 0.717) is 37.0 Å². The summed E-state index contributed by atoms with van der Waals surface area (Å²) >= 11 is 0. The van der Waals surface area contributed by atoms with Crippen LogP contribution in [0, 0.1) is 40.5 Å². The van der Waals surface area contributed by atoms with Crippen molar-refractivity contribution in [3.63, 3.8) is 0 Å². The van der Waals surface area contributed by atoms with Crippen molar-refractivity contribution in [2.45, 2.75) is 186 Å². The number of benzene rings is 2. The normalized spacial score (nSPS) is 12.6. The molecule has 0 aliphatic heterocycles. The van der Waals surface area contributed by atoms with Crippen LogP contribution in [0.2, 0.25) is 0 Å². The molecular formula is C52H87N7O16P+. The fourth-order valence-corrected chi connectivity index (χ4v) is 9.00. The third-order valence-corrected chi connectivity index (χ3v) is 13.7. The number of carbonyl (C=O) groups is 2. The van der Waals surface area contributed by atoms with E-state index < -0.39 is 52.2 Å². The molecule has 430 valence electrons. The average molecular weight is 1100 g/mol. The third kappa shape index (κ3) is 32.9. The van der Waals surface area contributed by atoms with Crippen molar-refractivity contribution in [2.75, 3.05) is 71.2 Å². The van der Waals surface area contributed by atoms with E-state index in [2.05, 4.69) is 10.6 Å². The highest BCUT2D eigenvalue weighted by atomic mass is 31.2. The number of phosphoric ester groups is 1. The lowest BCUT2D eigenvalue weighted by atomic mass is 10.0. The van der Waals surface area contributed by atoms with Gasteiger partial charge in [0.2, 0.25) is 0 Å². The first-order chi connectivity index (χ1) is 36.3. The van der Waals surface area contributed by atoms with Gasteiger partial charge in [-0.05, 0) is 37.8 Å². The number of esters is 2. The summed E-state index contributed by atoms with van der Waals surface area (Å²) in [7, 11) is 1.29. The summed E-state index contributed by atoms with van der Waals surface area (Å²) in [6.45, 7) is 0.752. The van der Waals surface area contributed by atoms with Gasteiger partial charge in [-0.15, -0.1) is 0 Å². The largest absolute Gasteiger partial charge is 0.472 e. The van der Waals surface area contributed by atoms with Crippen molar-refractivity contribution >= 4 is 53.9 Å². The molecule has 2 rings (SSSR count). The SMILES string of the molecule is C[N+](C)(C)CCOP(=O)(O)OC[C@@H](COC(=O)CCCCCCCCCCCCCCCNc1ccc([N+](=O)[O-])cc1[N+](=O)[O-])OC(=O)CCCCCCCCCCCCCCCNc1ccc([N+](=O)[O-])cc1[N+](=O)[O-]. The maximum atomic E-state index is 12.8. The second-order valence-electron chi connectivity index (χ2n) is 20.4. The second-order valence-corrected chi connectivity index (χ2v) is 21.8. The molecule has 2 atom stereocenters. The van der Waals surface area contributed by atoms with Crippen molar-refractivity contribution < 1.29 is 61.7 Å². The molecule has 76 heavy (non-hydrogen) atoms. The molecule has 0 aliphatic rings. The highest BCUT2D eigenvalue weighted by molar-refractivity contribution is 7.47. The Bertz CT molecular complexity index is 2090. The molecule has 3 N–H and O–H groups in total. The number of ether oxygens (including phenoxy) is 2. The Labute approximate surface area is 448 Å². The molecule has 23 nitrogen and oxygen atoms in total. The minimum atomic E-state index is -4.46. The van der Waals surface area contributed by atoms with Gasteiger partial charge in [0.1, 0.15) is 31.1 Å². The summed E-state index contributed by atoms with van der Waals surface area (Å²) in [6, 6.07) is 7.21. The first-order valence-electron chi connectivity index (χ1n) is 27.4. The number of unbranched alkanes of at least 4 members (excludes halogenated alkanes) is 24. The molecule has 1 unspecified atom stereocenters. The van der Waals surface area contributed by atoms with Gasteiger partial charge in [0.05, 0.1) is 59.6 Å². The fraction of sp³-hybridized carbons (Fsp3) is 0.731. The van der Waals surface area contributed by atoms with E-state index in [4.69, 9.17) is 18.5 Å². The van der Waals surface area contributed by atoms with E-state index in [9.17, 15) is 59.5 Å². The molecule has 0 aromatic heterocycles. The summed E-state index contributed by atoms with van der Waals surface area (Å²) < 4.78 is 34.4. The first kappa shape index (κ1) is 66.8. The van der Waals surface area contributed by atoms with Crippen LogP contribution in [0.1, 0.15) is 180 Å². The van der Waals surface area contributed by atoms with Gasteiger partial charge < -0.3 is 29.5 Å². The Morgan fingerprint density at radius 1 is 0.526 bits per heavy atom. The number of rotatable bonds is 48. The molecule has 24 heteroatoms. The number of nitrogens with one attached hydrogen (secondary N) is 2. The summed E-state index contributed by atoms with van der Waals surface area (Å²) in [5.74, 6) is -0.951. The van der Waals surface area contributed by atoms with Gasteiger partial charge in [0.25, 0.3) is 22.7 Å². The van der Waals surface area contributed by atoms with Crippen LogP contribution < -0.4 is 10.6 Å². The van der Waals surface area contributed by atoms with E-state index in [1.165, 1.54) is 24.3 Å². The maximum absolute atomic E-state index is 12.8. The molecule has 0 saturated heterocycles. The molecule has 0 heterocycles. The van der Waals surface area contributed by atoms with Crippen molar-refractivity contribution in [1.29, 1.82) is 0 Å². The minimum Gasteiger partial charge on any atom is -0.462 e. The number of anilines is 2. The van der Waals surface area contributed by atoms with E-state index >= 15 is 0 Å². The van der Waals surface area contributed by atoms with Gasteiger partial charge in [-0.3, -0.25) is 59.1 Å². The number of nitrogens with zero attached hydrogens (tertiary/aromatic N) is 5. The lowest BCUT2D eigenvalue weighted by Gasteiger charge is -2.24. The lowest BCUT2D eigenvalue weighted by Crippen LogP contribution is -2.37. The van der Waals surface area contributed by atoms with Crippen LogP contribution in [0.15, 0.2) is 36.4 Å².